The van der Waals surface area contributed by atoms with E-state index in [0.717, 1.165) is 17.7 Å². The smallest absolute Gasteiger partial charge is 0.253 e. The molecular weight excluding hydrogens is 404 g/mol. The van der Waals surface area contributed by atoms with Crippen LogP contribution in [0.5, 0.6) is 5.75 Å². The fraction of sp³-hybridized carbons (Fsp3) is 0.400. The molecule has 32 heavy (non-hydrogen) atoms. The van der Waals surface area contributed by atoms with Crippen LogP contribution < -0.4 is 10.1 Å². The fourth-order valence-electron chi connectivity index (χ4n) is 4.14. The molecule has 0 bridgehead atoms. The Labute approximate surface area is 188 Å². The second kappa shape index (κ2) is 9.41. The van der Waals surface area contributed by atoms with Crippen LogP contribution in [0.4, 0.5) is 5.69 Å². The second-order valence-corrected chi connectivity index (χ2v) is 8.52. The van der Waals surface area contributed by atoms with E-state index in [-0.39, 0.29) is 23.8 Å². The van der Waals surface area contributed by atoms with Crippen molar-refractivity contribution >= 4 is 17.5 Å². The molecule has 2 aliphatic rings. The Morgan fingerprint density at radius 1 is 1.06 bits per heavy atom. The van der Waals surface area contributed by atoms with Gasteiger partial charge in [0.25, 0.3) is 5.91 Å². The van der Waals surface area contributed by atoms with Crippen molar-refractivity contribution in [1.82, 2.24) is 9.80 Å². The molecule has 3 unspecified atom stereocenters. The Morgan fingerprint density at radius 3 is 2.22 bits per heavy atom. The summed E-state index contributed by atoms with van der Waals surface area (Å²) in [7, 11) is 1.62. The normalized spacial score (nSPS) is 21.3. The first-order chi connectivity index (χ1) is 15.5. The van der Waals surface area contributed by atoms with Crippen LogP contribution in [0.15, 0.2) is 48.5 Å². The predicted molar refractivity (Wildman–Crippen MR) is 121 cm³/mol. The minimum Gasteiger partial charge on any atom is -0.497 e. The molecular formula is C25H28N4O3. The van der Waals surface area contributed by atoms with Crippen LogP contribution >= 0.6 is 0 Å². The molecule has 1 aliphatic carbocycles. The van der Waals surface area contributed by atoms with Crippen molar-refractivity contribution in [1.29, 1.82) is 5.26 Å². The third-order valence-electron chi connectivity index (χ3n) is 6.37. The average Bonchev–Trinajstić information content (AvgIpc) is 3.57. The summed E-state index contributed by atoms with van der Waals surface area (Å²) in [4.78, 5) is 28.9. The average molecular weight is 433 g/mol. The number of carbonyl (C=O) groups is 2. The summed E-state index contributed by atoms with van der Waals surface area (Å²) in [5, 5.41) is 12.6. The molecule has 4 rings (SSSR count). The zero-order valence-electron chi connectivity index (χ0n) is 18.5. The highest BCUT2D eigenvalue weighted by Gasteiger charge is 2.39. The minimum atomic E-state index is -0.352. The molecule has 2 fully saturated rings. The number of amides is 2. The van der Waals surface area contributed by atoms with Crippen LogP contribution in [-0.4, -0.2) is 54.9 Å². The van der Waals surface area contributed by atoms with Crippen molar-refractivity contribution < 1.29 is 14.3 Å². The molecule has 2 aromatic carbocycles. The van der Waals surface area contributed by atoms with Gasteiger partial charge in [0.15, 0.2) is 0 Å². The highest BCUT2D eigenvalue weighted by atomic mass is 16.5. The van der Waals surface area contributed by atoms with E-state index in [4.69, 9.17) is 4.74 Å². The van der Waals surface area contributed by atoms with Crippen molar-refractivity contribution in [2.45, 2.75) is 19.4 Å². The van der Waals surface area contributed by atoms with Crippen LogP contribution in [0, 0.1) is 23.2 Å². The SMILES string of the molecule is COc1ccc(C(C#N)N2CCN(C(=O)c3ccc(NC(=O)C4CC4C)cc3)CC2)cc1. The Kier molecular flexibility index (Phi) is 6.42. The summed E-state index contributed by atoms with van der Waals surface area (Å²) in [6.45, 7) is 4.45. The summed E-state index contributed by atoms with van der Waals surface area (Å²) in [6, 6.07) is 16.7. The lowest BCUT2D eigenvalue weighted by atomic mass is 10.1. The first-order valence-electron chi connectivity index (χ1n) is 11.0. The maximum Gasteiger partial charge on any atom is 0.253 e. The molecule has 0 aromatic heterocycles. The lowest BCUT2D eigenvalue weighted by Crippen LogP contribution is -2.49. The van der Waals surface area contributed by atoms with Gasteiger partial charge in [-0.05, 0) is 54.3 Å². The molecule has 2 amide bonds. The number of piperazine rings is 1. The van der Waals surface area contributed by atoms with Crippen LogP contribution in [0.2, 0.25) is 0 Å². The maximum atomic E-state index is 12.9. The van der Waals surface area contributed by atoms with Crippen molar-refractivity contribution in [3.05, 3.63) is 59.7 Å². The fourth-order valence-corrected chi connectivity index (χ4v) is 4.14. The van der Waals surface area contributed by atoms with E-state index in [0.29, 0.717) is 43.3 Å². The third-order valence-corrected chi connectivity index (χ3v) is 6.37. The number of ether oxygens (including phenoxy) is 1. The molecule has 1 N–H and O–H groups in total. The number of nitriles is 1. The Morgan fingerprint density at radius 2 is 1.69 bits per heavy atom. The van der Waals surface area contributed by atoms with Crippen LogP contribution in [0.1, 0.15) is 35.3 Å². The van der Waals surface area contributed by atoms with Gasteiger partial charge in [-0.15, -0.1) is 0 Å². The summed E-state index contributed by atoms with van der Waals surface area (Å²) < 4.78 is 5.19. The number of carbonyl (C=O) groups excluding carboxylic acids is 2. The lowest BCUT2D eigenvalue weighted by Gasteiger charge is -2.37. The molecule has 7 nitrogen and oxygen atoms in total. The van der Waals surface area contributed by atoms with Gasteiger partial charge in [0.1, 0.15) is 11.8 Å². The monoisotopic (exact) mass is 432 g/mol. The number of hydrogen-bond donors (Lipinski definition) is 1. The van der Waals surface area contributed by atoms with Gasteiger partial charge in [-0.25, -0.2) is 0 Å². The van der Waals surface area contributed by atoms with E-state index in [9.17, 15) is 14.9 Å². The first-order valence-corrected chi connectivity index (χ1v) is 11.0. The zero-order valence-corrected chi connectivity index (χ0v) is 18.5. The molecule has 1 heterocycles. The number of rotatable bonds is 6. The topological polar surface area (TPSA) is 85.7 Å². The molecule has 166 valence electrons. The van der Waals surface area contributed by atoms with E-state index in [1.54, 1.807) is 31.4 Å². The van der Waals surface area contributed by atoms with Gasteiger partial charge in [0.2, 0.25) is 5.91 Å². The van der Waals surface area contributed by atoms with E-state index < -0.39 is 0 Å². The van der Waals surface area contributed by atoms with E-state index in [1.807, 2.05) is 29.2 Å². The van der Waals surface area contributed by atoms with E-state index in [2.05, 4.69) is 23.2 Å². The van der Waals surface area contributed by atoms with Gasteiger partial charge in [0.05, 0.1) is 13.2 Å². The number of anilines is 1. The Hall–Kier alpha value is -3.37. The number of nitrogens with zero attached hydrogens (tertiary/aromatic N) is 3. The van der Waals surface area contributed by atoms with Crippen LogP contribution in [0.25, 0.3) is 0 Å². The third kappa shape index (κ3) is 4.76. The van der Waals surface area contributed by atoms with Gasteiger partial charge < -0.3 is 15.0 Å². The zero-order chi connectivity index (χ0) is 22.7. The first kappa shape index (κ1) is 21.8. The van der Waals surface area contributed by atoms with Gasteiger partial charge in [0, 0.05) is 43.3 Å². The molecule has 1 saturated heterocycles. The Balaban J connectivity index is 1.32. The highest BCUT2D eigenvalue weighted by Crippen LogP contribution is 2.38. The van der Waals surface area contributed by atoms with Crippen molar-refractivity contribution in [3.63, 3.8) is 0 Å². The summed E-state index contributed by atoms with van der Waals surface area (Å²) >= 11 is 0. The number of nitrogens with one attached hydrogen (secondary N) is 1. The molecule has 1 aliphatic heterocycles. The standard InChI is InChI=1S/C25H28N4O3/c1-17-15-22(17)24(30)27-20-7-3-19(4-8-20)25(31)29-13-11-28(12-14-29)23(16-26)18-5-9-21(32-2)10-6-18/h3-10,17,22-23H,11-15H2,1-2H3,(H,27,30). The van der Waals surface area contributed by atoms with Crippen LogP contribution in [-0.2, 0) is 4.79 Å². The lowest BCUT2D eigenvalue weighted by molar-refractivity contribution is -0.117. The Bertz CT molecular complexity index is 1000. The molecule has 7 heteroatoms. The molecule has 3 atom stereocenters. The number of benzene rings is 2. The summed E-state index contributed by atoms with van der Waals surface area (Å²) in [5.41, 5.74) is 2.24. The van der Waals surface area contributed by atoms with Crippen molar-refractivity contribution in [2.24, 2.45) is 11.8 Å². The van der Waals surface area contributed by atoms with Crippen molar-refractivity contribution in [3.8, 4) is 11.8 Å². The number of hydrogen-bond acceptors (Lipinski definition) is 5. The number of methoxy groups -OCH3 is 1. The van der Waals surface area contributed by atoms with Gasteiger partial charge in [-0.3, -0.25) is 14.5 Å². The molecule has 0 radical (unpaired) electrons. The quantitative estimate of drug-likeness (QED) is 0.757. The predicted octanol–water partition coefficient (Wildman–Crippen LogP) is 3.31. The van der Waals surface area contributed by atoms with E-state index >= 15 is 0 Å². The van der Waals surface area contributed by atoms with Gasteiger partial charge in [-0.1, -0.05) is 19.1 Å². The molecule has 2 aromatic rings. The highest BCUT2D eigenvalue weighted by molar-refractivity contribution is 5.97. The maximum absolute atomic E-state index is 12.9. The van der Waals surface area contributed by atoms with Crippen molar-refractivity contribution in [2.75, 3.05) is 38.6 Å². The summed E-state index contributed by atoms with van der Waals surface area (Å²) in [6.07, 6.45) is 0.944. The van der Waals surface area contributed by atoms with Gasteiger partial charge in [-0.2, -0.15) is 5.26 Å². The molecule has 1 saturated carbocycles. The van der Waals surface area contributed by atoms with Crippen LogP contribution in [0.3, 0.4) is 0 Å². The molecule has 0 spiro atoms. The van der Waals surface area contributed by atoms with E-state index in [1.165, 1.54) is 0 Å². The minimum absolute atomic E-state index is 0.0312. The second-order valence-electron chi connectivity index (χ2n) is 8.52. The summed E-state index contributed by atoms with van der Waals surface area (Å²) in [5.74, 6) is 1.35. The van der Waals surface area contributed by atoms with Gasteiger partial charge >= 0.3 is 0 Å². The largest absolute Gasteiger partial charge is 0.497 e.